The number of rotatable bonds is 9. The summed E-state index contributed by atoms with van der Waals surface area (Å²) < 4.78 is 9.75. The molecule has 0 fully saturated rings. The summed E-state index contributed by atoms with van der Waals surface area (Å²) >= 11 is 0. The highest BCUT2D eigenvalue weighted by atomic mass is 16.5. The minimum Gasteiger partial charge on any atom is -0.465 e. The van der Waals surface area contributed by atoms with Gasteiger partial charge in [-0.3, -0.25) is 10.2 Å². The molecule has 7 heteroatoms. The van der Waals surface area contributed by atoms with Gasteiger partial charge in [0.15, 0.2) is 5.96 Å². The van der Waals surface area contributed by atoms with Crippen LogP contribution in [0, 0.1) is 5.41 Å². The van der Waals surface area contributed by atoms with Gasteiger partial charge in [-0.15, -0.1) is 0 Å². The lowest BCUT2D eigenvalue weighted by Gasteiger charge is -2.13. The monoisotopic (exact) mass is 260 g/mol. The molecule has 0 aliphatic rings. The molecule has 7 nitrogen and oxygen atoms in total. The molecule has 0 bridgehead atoms. The Hall–Kier alpha value is -1.34. The fraction of sp³-hybridized carbons (Fsp3) is 0.818. The zero-order valence-corrected chi connectivity index (χ0v) is 11.1. The van der Waals surface area contributed by atoms with Crippen LogP contribution in [0.25, 0.3) is 0 Å². The molecule has 106 valence electrons. The number of nitrogens with one attached hydrogen (secondary N) is 3. The Bertz CT molecular complexity index is 248. The van der Waals surface area contributed by atoms with E-state index in [1.54, 1.807) is 7.11 Å². The molecule has 0 amide bonds. The number of carbonyl (C=O) groups is 1. The van der Waals surface area contributed by atoms with Crippen LogP contribution in [0.1, 0.15) is 19.8 Å². The summed E-state index contributed by atoms with van der Waals surface area (Å²) in [7, 11) is 1.60. The second kappa shape index (κ2) is 10.8. The lowest BCUT2D eigenvalue weighted by molar-refractivity contribution is -0.145. The first-order valence-corrected chi connectivity index (χ1v) is 6.09. The summed E-state index contributed by atoms with van der Waals surface area (Å²) in [5.74, 6) is -0.196. The van der Waals surface area contributed by atoms with Crippen molar-refractivity contribution in [3.05, 3.63) is 0 Å². The van der Waals surface area contributed by atoms with Crippen molar-refractivity contribution in [2.24, 2.45) is 5.73 Å². The first-order valence-electron chi connectivity index (χ1n) is 6.09. The number of ether oxygens (including phenoxy) is 2. The van der Waals surface area contributed by atoms with E-state index in [4.69, 9.17) is 20.6 Å². The molecule has 0 aromatic rings. The minimum absolute atomic E-state index is 0.196. The Morgan fingerprint density at radius 2 is 2.00 bits per heavy atom. The molecular formula is C11H24N4O3. The van der Waals surface area contributed by atoms with Crippen molar-refractivity contribution >= 4 is 11.9 Å². The fourth-order valence-corrected chi connectivity index (χ4v) is 1.12. The van der Waals surface area contributed by atoms with E-state index in [2.05, 4.69) is 10.6 Å². The van der Waals surface area contributed by atoms with Crippen molar-refractivity contribution in [3.8, 4) is 0 Å². The lowest BCUT2D eigenvalue weighted by atomic mass is 10.2. The van der Waals surface area contributed by atoms with Crippen molar-refractivity contribution in [2.75, 3.05) is 33.4 Å². The van der Waals surface area contributed by atoms with Crippen molar-refractivity contribution < 1.29 is 14.3 Å². The molecule has 0 aliphatic carbocycles. The van der Waals surface area contributed by atoms with Crippen LogP contribution in [0.3, 0.4) is 0 Å². The Balaban J connectivity index is 3.57. The normalized spacial score (nSPS) is 11.7. The maximum atomic E-state index is 11.3. The van der Waals surface area contributed by atoms with Crippen LogP contribution in [0.2, 0.25) is 0 Å². The van der Waals surface area contributed by atoms with Crippen LogP contribution in [0.4, 0.5) is 0 Å². The largest absolute Gasteiger partial charge is 0.465 e. The van der Waals surface area contributed by atoms with Gasteiger partial charge in [0.05, 0.1) is 13.2 Å². The maximum Gasteiger partial charge on any atom is 0.322 e. The van der Waals surface area contributed by atoms with Crippen molar-refractivity contribution in [1.29, 1.82) is 5.41 Å². The van der Waals surface area contributed by atoms with E-state index in [1.165, 1.54) is 0 Å². The summed E-state index contributed by atoms with van der Waals surface area (Å²) in [5.41, 5.74) is 5.64. The third-order valence-electron chi connectivity index (χ3n) is 2.12. The SMILES string of the molecule is CCCOC(=O)[C@@H](N)CCNC(=N)NCCOC. The van der Waals surface area contributed by atoms with E-state index in [0.29, 0.717) is 32.7 Å². The average Bonchev–Trinajstić information content (AvgIpc) is 2.36. The molecule has 0 spiro atoms. The first kappa shape index (κ1) is 16.7. The molecule has 0 aromatic heterocycles. The zero-order valence-electron chi connectivity index (χ0n) is 11.1. The highest BCUT2D eigenvalue weighted by Gasteiger charge is 2.14. The lowest BCUT2D eigenvalue weighted by Crippen LogP contribution is -2.41. The zero-order chi connectivity index (χ0) is 13.8. The van der Waals surface area contributed by atoms with Gasteiger partial charge in [0, 0.05) is 20.2 Å². The van der Waals surface area contributed by atoms with Gasteiger partial charge >= 0.3 is 5.97 Å². The third-order valence-corrected chi connectivity index (χ3v) is 2.12. The summed E-state index contributed by atoms with van der Waals surface area (Å²) in [4.78, 5) is 11.3. The Kier molecular flexibility index (Phi) is 9.99. The van der Waals surface area contributed by atoms with Gasteiger partial charge in [0.25, 0.3) is 0 Å². The van der Waals surface area contributed by atoms with E-state index in [-0.39, 0.29) is 5.96 Å². The number of guanidine groups is 1. The number of methoxy groups -OCH3 is 1. The molecule has 5 N–H and O–H groups in total. The molecular weight excluding hydrogens is 236 g/mol. The Labute approximate surface area is 108 Å². The van der Waals surface area contributed by atoms with Crippen molar-refractivity contribution in [3.63, 3.8) is 0 Å². The summed E-state index contributed by atoms with van der Waals surface area (Å²) in [5, 5.41) is 13.1. The average molecular weight is 260 g/mol. The fourth-order valence-electron chi connectivity index (χ4n) is 1.12. The van der Waals surface area contributed by atoms with Gasteiger partial charge in [-0.05, 0) is 12.8 Å². The van der Waals surface area contributed by atoms with Crippen LogP contribution in [-0.4, -0.2) is 51.4 Å². The summed E-state index contributed by atoms with van der Waals surface area (Å²) in [6.07, 6.45) is 1.21. The van der Waals surface area contributed by atoms with Crippen LogP contribution in [-0.2, 0) is 14.3 Å². The minimum atomic E-state index is -0.643. The standard InChI is InChI=1S/C11H24N4O3/c1-3-7-18-10(16)9(12)4-5-14-11(13)15-6-8-17-2/h9H,3-8,12H2,1-2H3,(H3,13,14,15)/t9-/m0/s1. The molecule has 1 atom stereocenters. The Morgan fingerprint density at radius 3 is 2.61 bits per heavy atom. The van der Waals surface area contributed by atoms with Crippen LogP contribution < -0.4 is 16.4 Å². The van der Waals surface area contributed by atoms with Crippen LogP contribution in [0.5, 0.6) is 0 Å². The van der Waals surface area contributed by atoms with E-state index in [0.717, 1.165) is 6.42 Å². The Morgan fingerprint density at radius 1 is 1.33 bits per heavy atom. The van der Waals surface area contributed by atoms with Crippen molar-refractivity contribution in [1.82, 2.24) is 10.6 Å². The van der Waals surface area contributed by atoms with Crippen LogP contribution in [0.15, 0.2) is 0 Å². The highest BCUT2D eigenvalue weighted by Crippen LogP contribution is 1.92. The second-order valence-electron chi connectivity index (χ2n) is 3.78. The summed E-state index contributed by atoms with van der Waals surface area (Å²) in [6.45, 7) is 3.86. The van der Waals surface area contributed by atoms with E-state index >= 15 is 0 Å². The van der Waals surface area contributed by atoms with E-state index < -0.39 is 12.0 Å². The molecule has 0 aromatic carbocycles. The van der Waals surface area contributed by atoms with Gasteiger partial charge < -0.3 is 25.8 Å². The predicted octanol–water partition coefficient (Wildman–Crippen LogP) is -0.583. The molecule has 0 saturated heterocycles. The number of nitrogens with two attached hydrogens (primary N) is 1. The van der Waals surface area contributed by atoms with E-state index in [9.17, 15) is 4.79 Å². The number of hydrogen-bond acceptors (Lipinski definition) is 5. The molecule has 0 rings (SSSR count). The van der Waals surface area contributed by atoms with Gasteiger partial charge in [0.1, 0.15) is 6.04 Å². The smallest absolute Gasteiger partial charge is 0.322 e. The molecule has 18 heavy (non-hydrogen) atoms. The van der Waals surface area contributed by atoms with Gasteiger partial charge in [0.2, 0.25) is 0 Å². The molecule has 0 heterocycles. The summed E-state index contributed by atoms with van der Waals surface area (Å²) in [6, 6.07) is -0.643. The molecule has 0 unspecified atom stereocenters. The van der Waals surface area contributed by atoms with Crippen molar-refractivity contribution in [2.45, 2.75) is 25.8 Å². The third kappa shape index (κ3) is 8.77. The van der Waals surface area contributed by atoms with E-state index in [1.807, 2.05) is 6.92 Å². The molecule has 0 aliphatic heterocycles. The maximum absolute atomic E-state index is 11.3. The number of esters is 1. The first-order chi connectivity index (χ1) is 8.61. The topological polar surface area (TPSA) is 109 Å². The number of carbonyl (C=O) groups excluding carboxylic acids is 1. The predicted molar refractivity (Wildman–Crippen MR) is 69.5 cm³/mol. The second-order valence-corrected chi connectivity index (χ2v) is 3.78. The van der Waals surface area contributed by atoms with Gasteiger partial charge in [-0.1, -0.05) is 6.92 Å². The van der Waals surface area contributed by atoms with Gasteiger partial charge in [-0.2, -0.15) is 0 Å². The van der Waals surface area contributed by atoms with Crippen LogP contribution >= 0.6 is 0 Å². The van der Waals surface area contributed by atoms with Gasteiger partial charge in [-0.25, -0.2) is 0 Å². The highest BCUT2D eigenvalue weighted by molar-refractivity contribution is 5.77. The number of hydrogen-bond donors (Lipinski definition) is 4. The molecule has 0 radical (unpaired) electrons. The molecule has 0 saturated carbocycles. The quantitative estimate of drug-likeness (QED) is 0.191.